The second kappa shape index (κ2) is 16.9. The van der Waals surface area contributed by atoms with Crippen LogP contribution < -0.4 is 0 Å². The van der Waals surface area contributed by atoms with Gasteiger partial charge in [-0.3, -0.25) is 0 Å². The highest BCUT2D eigenvalue weighted by atomic mass is 32.1. The number of hydrogen-bond donors (Lipinski definition) is 1. The van der Waals surface area contributed by atoms with E-state index in [1.165, 1.54) is 0 Å². The lowest BCUT2D eigenvalue weighted by Gasteiger charge is -1.83. The number of allylic oxidation sites excluding steroid dienone is 3. The van der Waals surface area contributed by atoms with Crippen molar-refractivity contribution >= 4 is 12.6 Å². The van der Waals surface area contributed by atoms with E-state index in [1.54, 1.807) is 0 Å². The van der Waals surface area contributed by atoms with Crippen molar-refractivity contribution < 1.29 is 0 Å². The number of hydrogen-bond acceptors (Lipinski definition) is 1. The van der Waals surface area contributed by atoms with Gasteiger partial charge in [0.25, 0.3) is 0 Å². The van der Waals surface area contributed by atoms with Gasteiger partial charge in [-0.05, 0) is 17.9 Å². The zero-order chi connectivity index (χ0) is 10.6. The lowest BCUT2D eigenvalue weighted by atomic mass is 10.3. The van der Waals surface area contributed by atoms with Crippen molar-refractivity contribution in [2.75, 3.05) is 0 Å². The number of rotatable bonds is 2. The SMILES string of the molecule is C=C(C)/C=C\C(=C)S.CC.CC. The Labute approximate surface area is 83.5 Å². The van der Waals surface area contributed by atoms with E-state index in [4.69, 9.17) is 0 Å². The van der Waals surface area contributed by atoms with Crippen LogP contribution in [0.2, 0.25) is 0 Å². The minimum atomic E-state index is 0.757. The Hall–Kier alpha value is -0.430. The summed E-state index contributed by atoms with van der Waals surface area (Å²) in [5, 5.41) is 0. The molecule has 0 fully saturated rings. The maximum absolute atomic E-state index is 3.95. The lowest BCUT2D eigenvalue weighted by molar-refractivity contribution is 1.50. The van der Waals surface area contributed by atoms with Crippen LogP contribution in [0.4, 0.5) is 0 Å². The standard InChI is InChI=1S/C7H10S.2C2H6/c1-6(2)4-5-7(3)8;2*1-2/h4-5,8H,1,3H2,2H3;2*1-2H3/b5-4-;;. The van der Waals surface area contributed by atoms with Crippen LogP contribution in [0.25, 0.3) is 0 Å². The monoisotopic (exact) mass is 186 g/mol. The smallest absolute Gasteiger partial charge is 0.00319 e. The third-order valence-corrected chi connectivity index (χ3v) is 0.709. The maximum Gasteiger partial charge on any atom is -0.00319 e. The van der Waals surface area contributed by atoms with E-state index >= 15 is 0 Å². The van der Waals surface area contributed by atoms with Crippen LogP contribution in [-0.4, -0.2) is 0 Å². The van der Waals surface area contributed by atoms with E-state index in [0.717, 1.165) is 10.5 Å². The Morgan fingerprint density at radius 2 is 1.33 bits per heavy atom. The summed E-state index contributed by atoms with van der Waals surface area (Å²) < 4.78 is 0. The average molecular weight is 186 g/mol. The molecule has 0 aromatic heterocycles. The third-order valence-electron chi connectivity index (χ3n) is 0.560. The Bertz CT molecular complexity index is 116. The molecule has 0 aliphatic rings. The first-order valence-corrected chi connectivity index (χ1v) is 4.79. The van der Waals surface area contributed by atoms with Crippen LogP contribution in [0.3, 0.4) is 0 Å². The normalized spacial score (nSPS) is 7.50. The summed E-state index contributed by atoms with van der Waals surface area (Å²) in [6.07, 6.45) is 3.68. The molecule has 0 N–H and O–H groups in total. The van der Waals surface area contributed by atoms with E-state index < -0.39 is 0 Å². The summed E-state index contributed by atoms with van der Waals surface area (Å²) in [6, 6.07) is 0. The topological polar surface area (TPSA) is 0 Å². The van der Waals surface area contributed by atoms with Crippen LogP contribution >= 0.6 is 12.6 Å². The Balaban J connectivity index is -0.000000175. The van der Waals surface area contributed by atoms with Gasteiger partial charge >= 0.3 is 0 Å². The van der Waals surface area contributed by atoms with Crippen LogP contribution in [0.5, 0.6) is 0 Å². The van der Waals surface area contributed by atoms with Gasteiger partial charge < -0.3 is 0 Å². The van der Waals surface area contributed by atoms with E-state index in [2.05, 4.69) is 25.8 Å². The molecule has 0 unspecified atom stereocenters. The van der Waals surface area contributed by atoms with Gasteiger partial charge in [0.2, 0.25) is 0 Å². The van der Waals surface area contributed by atoms with Crippen LogP contribution in [0.1, 0.15) is 34.6 Å². The van der Waals surface area contributed by atoms with Crippen molar-refractivity contribution in [1.29, 1.82) is 0 Å². The summed E-state index contributed by atoms with van der Waals surface area (Å²) in [7, 11) is 0. The van der Waals surface area contributed by atoms with Gasteiger partial charge in [-0.1, -0.05) is 52.5 Å². The predicted molar refractivity (Wildman–Crippen MR) is 64.8 cm³/mol. The summed E-state index contributed by atoms with van der Waals surface area (Å²) in [5.41, 5.74) is 1.01. The zero-order valence-electron chi connectivity index (χ0n) is 9.02. The van der Waals surface area contributed by atoms with E-state index in [1.807, 2.05) is 46.8 Å². The van der Waals surface area contributed by atoms with Crippen LogP contribution in [-0.2, 0) is 0 Å². The molecule has 0 rings (SSSR count). The summed E-state index contributed by atoms with van der Waals surface area (Å²) in [6.45, 7) is 17.2. The van der Waals surface area contributed by atoms with Gasteiger partial charge in [-0.25, -0.2) is 0 Å². The first-order valence-electron chi connectivity index (χ1n) is 4.34. The molecule has 0 saturated heterocycles. The number of thiol groups is 1. The average Bonchev–Trinajstić information content (AvgIpc) is 2.08. The fourth-order valence-electron chi connectivity index (χ4n) is 0.238. The highest BCUT2D eigenvalue weighted by molar-refractivity contribution is 7.84. The summed E-state index contributed by atoms with van der Waals surface area (Å²) in [5.74, 6) is 0. The Morgan fingerprint density at radius 3 is 1.42 bits per heavy atom. The van der Waals surface area contributed by atoms with Gasteiger partial charge in [0, 0.05) is 0 Å². The molecule has 0 aromatic rings. The quantitative estimate of drug-likeness (QED) is 0.472. The molecule has 0 atom stereocenters. The highest BCUT2D eigenvalue weighted by Gasteiger charge is 1.73. The molecule has 0 spiro atoms. The van der Waals surface area contributed by atoms with Crippen molar-refractivity contribution in [2.45, 2.75) is 34.6 Å². The molecule has 0 heterocycles. The van der Waals surface area contributed by atoms with Gasteiger partial charge in [0.15, 0.2) is 0 Å². The van der Waals surface area contributed by atoms with Gasteiger partial charge in [0.1, 0.15) is 0 Å². The molecule has 0 saturated carbocycles. The van der Waals surface area contributed by atoms with Crippen molar-refractivity contribution in [2.24, 2.45) is 0 Å². The van der Waals surface area contributed by atoms with Crippen LogP contribution in [0, 0.1) is 0 Å². The first kappa shape index (κ1) is 17.6. The molecule has 0 nitrogen and oxygen atoms in total. The fourth-order valence-corrected chi connectivity index (χ4v) is 0.313. The van der Waals surface area contributed by atoms with Gasteiger partial charge in [-0.2, -0.15) is 0 Å². The zero-order valence-corrected chi connectivity index (χ0v) is 9.91. The van der Waals surface area contributed by atoms with E-state index in [0.29, 0.717) is 0 Å². The Kier molecular flexibility index (Phi) is 24.8. The molecule has 0 radical (unpaired) electrons. The second-order valence-electron chi connectivity index (χ2n) is 1.67. The summed E-state index contributed by atoms with van der Waals surface area (Å²) >= 11 is 3.95. The predicted octanol–water partition coefficient (Wildman–Crippen LogP) is 4.61. The molecule has 72 valence electrons. The second-order valence-corrected chi connectivity index (χ2v) is 2.25. The highest BCUT2D eigenvalue weighted by Crippen LogP contribution is 1.99. The van der Waals surface area contributed by atoms with Gasteiger partial charge in [0.05, 0.1) is 0 Å². The maximum atomic E-state index is 3.95. The molecular formula is C11H22S. The molecule has 12 heavy (non-hydrogen) atoms. The minimum absolute atomic E-state index is 0.757. The fraction of sp³-hybridized carbons (Fsp3) is 0.455. The lowest BCUT2D eigenvalue weighted by Crippen LogP contribution is -1.60. The van der Waals surface area contributed by atoms with Crippen LogP contribution in [0.15, 0.2) is 35.8 Å². The molecule has 0 amide bonds. The van der Waals surface area contributed by atoms with E-state index in [9.17, 15) is 0 Å². The molecule has 0 aromatic carbocycles. The molecule has 0 aliphatic carbocycles. The van der Waals surface area contributed by atoms with Gasteiger partial charge in [-0.15, -0.1) is 12.6 Å². The molecule has 0 bridgehead atoms. The van der Waals surface area contributed by atoms with E-state index in [-0.39, 0.29) is 0 Å². The van der Waals surface area contributed by atoms with Crippen molar-refractivity contribution in [3.63, 3.8) is 0 Å². The van der Waals surface area contributed by atoms with Crippen molar-refractivity contribution in [1.82, 2.24) is 0 Å². The molecule has 0 aliphatic heterocycles. The largest absolute Gasteiger partial charge is 0.144 e. The van der Waals surface area contributed by atoms with Crippen molar-refractivity contribution in [3.05, 3.63) is 35.8 Å². The Morgan fingerprint density at radius 1 is 1.00 bits per heavy atom. The molecular weight excluding hydrogens is 164 g/mol. The minimum Gasteiger partial charge on any atom is -0.144 e. The summed E-state index contributed by atoms with van der Waals surface area (Å²) in [4.78, 5) is 0.757. The third kappa shape index (κ3) is 33.7. The molecule has 1 heteroatoms. The first-order chi connectivity index (χ1) is 5.63. The van der Waals surface area contributed by atoms with Crippen molar-refractivity contribution in [3.8, 4) is 0 Å².